The molecule has 7 heteroatoms. The zero-order valence-electron chi connectivity index (χ0n) is 15.2. The minimum absolute atomic E-state index is 0.220. The third-order valence-corrected chi connectivity index (χ3v) is 3.99. The van der Waals surface area contributed by atoms with Gasteiger partial charge in [0.2, 0.25) is 5.71 Å². The number of anilines is 1. The van der Waals surface area contributed by atoms with Gasteiger partial charge < -0.3 is 14.9 Å². The van der Waals surface area contributed by atoms with Crippen molar-refractivity contribution in [1.29, 1.82) is 0 Å². The summed E-state index contributed by atoms with van der Waals surface area (Å²) < 4.78 is 10.7. The molecule has 136 valence electrons. The van der Waals surface area contributed by atoms with Crippen LogP contribution in [0.1, 0.15) is 34.4 Å². The Hall–Kier alpha value is -2.93. The molecule has 1 aromatic carbocycles. The van der Waals surface area contributed by atoms with Gasteiger partial charge in [-0.25, -0.2) is 9.78 Å². The number of hydrogen-bond acceptors (Lipinski definition) is 7. The fraction of sp³-hybridized carbons (Fsp3) is 0.316. The predicted octanol–water partition coefficient (Wildman–Crippen LogP) is 2.92. The molecule has 0 amide bonds. The van der Waals surface area contributed by atoms with Crippen LogP contribution in [0.15, 0.2) is 34.7 Å². The van der Waals surface area contributed by atoms with Crippen molar-refractivity contribution in [3.8, 4) is 0 Å². The summed E-state index contributed by atoms with van der Waals surface area (Å²) in [6, 6.07) is 10.1. The molecule has 26 heavy (non-hydrogen) atoms. The van der Waals surface area contributed by atoms with Gasteiger partial charge >= 0.3 is 5.97 Å². The maximum absolute atomic E-state index is 12.2. The van der Waals surface area contributed by atoms with Crippen molar-refractivity contribution in [2.75, 3.05) is 19.4 Å². The van der Waals surface area contributed by atoms with Crippen molar-refractivity contribution < 1.29 is 13.9 Å². The molecule has 0 aliphatic rings. The molecule has 2 heterocycles. The second kappa shape index (κ2) is 7.53. The van der Waals surface area contributed by atoms with E-state index in [1.807, 2.05) is 25.2 Å². The lowest BCUT2D eigenvalue weighted by Gasteiger charge is -2.15. The van der Waals surface area contributed by atoms with Gasteiger partial charge in [-0.3, -0.25) is 4.90 Å². The van der Waals surface area contributed by atoms with Crippen molar-refractivity contribution in [3.05, 3.63) is 53.0 Å². The van der Waals surface area contributed by atoms with E-state index in [9.17, 15) is 4.79 Å². The highest BCUT2D eigenvalue weighted by molar-refractivity contribution is 6.07. The highest BCUT2D eigenvalue weighted by atomic mass is 16.5. The van der Waals surface area contributed by atoms with Crippen LogP contribution in [-0.4, -0.2) is 34.5 Å². The number of benzene rings is 1. The largest absolute Gasteiger partial charge is 0.462 e. The van der Waals surface area contributed by atoms with E-state index >= 15 is 0 Å². The van der Waals surface area contributed by atoms with Crippen LogP contribution in [0.2, 0.25) is 0 Å². The van der Waals surface area contributed by atoms with Crippen molar-refractivity contribution in [2.45, 2.75) is 26.9 Å². The quantitative estimate of drug-likeness (QED) is 0.680. The minimum atomic E-state index is -0.479. The van der Waals surface area contributed by atoms with E-state index in [1.54, 1.807) is 13.8 Å². The van der Waals surface area contributed by atoms with E-state index in [1.165, 1.54) is 5.56 Å². The van der Waals surface area contributed by atoms with E-state index in [-0.39, 0.29) is 12.4 Å². The van der Waals surface area contributed by atoms with Crippen LogP contribution in [0.4, 0.5) is 5.82 Å². The molecule has 7 nitrogen and oxygen atoms in total. The first-order valence-corrected chi connectivity index (χ1v) is 8.44. The van der Waals surface area contributed by atoms with Gasteiger partial charge in [-0.2, -0.15) is 4.98 Å². The number of ether oxygens (including phenoxy) is 1. The van der Waals surface area contributed by atoms with Gasteiger partial charge in [0, 0.05) is 6.54 Å². The molecule has 0 saturated heterocycles. The van der Waals surface area contributed by atoms with Crippen molar-refractivity contribution in [3.63, 3.8) is 0 Å². The fourth-order valence-electron chi connectivity index (χ4n) is 2.90. The molecule has 3 rings (SSSR count). The first-order chi connectivity index (χ1) is 12.5. The molecule has 0 bridgehead atoms. The third-order valence-electron chi connectivity index (χ3n) is 3.99. The number of fused-ring (bicyclic) bond motifs is 1. The van der Waals surface area contributed by atoms with Gasteiger partial charge in [0.1, 0.15) is 23.0 Å². The number of hydrogen-bond donors (Lipinski definition) is 1. The smallest absolute Gasteiger partial charge is 0.342 e. The number of furan rings is 1. The van der Waals surface area contributed by atoms with E-state index < -0.39 is 5.97 Å². The number of nitrogens with zero attached hydrogens (tertiary/aromatic N) is 3. The zero-order valence-corrected chi connectivity index (χ0v) is 15.2. The standard InChI is InChI=1S/C19H22N4O3/c1-4-25-19(24)15-12(2)26-18-16(15)17(20)21-14(22-18)11-23(3)10-13-8-6-5-7-9-13/h5-9H,4,10-11H2,1-3H3,(H2,20,21,22). The van der Waals surface area contributed by atoms with Crippen LogP contribution < -0.4 is 5.73 Å². The maximum Gasteiger partial charge on any atom is 0.342 e. The molecule has 0 aliphatic carbocycles. The molecule has 2 N–H and O–H groups in total. The maximum atomic E-state index is 12.2. The molecule has 0 radical (unpaired) electrons. The summed E-state index contributed by atoms with van der Waals surface area (Å²) in [5.41, 5.74) is 7.89. The average molecular weight is 354 g/mol. The normalized spacial score (nSPS) is 11.2. The van der Waals surface area contributed by atoms with Crippen LogP contribution in [0.25, 0.3) is 11.1 Å². The predicted molar refractivity (Wildman–Crippen MR) is 98.5 cm³/mol. The average Bonchev–Trinajstić information content (AvgIpc) is 2.92. The van der Waals surface area contributed by atoms with E-state index in [0.717, 1.165) is 6.54 Å². The summed E-state index contributed by atoms with van der Waals surface area (Å²) in [4.78, 5) is 23.0. The summed E-state index contributed by atoms with van der Waals surface area (Å²) in [7, 11) is 1.98. The minimum Gasteiger partial charge on any atom is -0.462 e. The number of aromatic nitrogens is 2. The van der Waals surface area contributed by atoms with Crippen molar-refractivity contribution >= 4 is 22.9 Å². The SMILES string of the molecule is CCOC(=O)c1c(C)oc2nc(CN(C)Cc3ccccc3)nc(N)c12. The molecule has 0 unspecified atom stereocenters. The lowest BCUT2D eigenvalue weighted by molar-refractivity contribution is 0.0526. The molecular weight excluding hydrogens is 332 g/mol. The van der Waals surface area contributed by atoms with Gasteiger partial charge in [0.05, 0.1) is 18.5 Å². The summed E-state index contributed by atoms with van der Waals surface area (Å²) in [6.07, 6.45) is 0. The Kier molecular flexibility index (Phi) is 5.18. The Morgan fingerprint density at radius 3 is 2.65 bits per heavy atom. The van der Waals surface area contributed by atoms with Gasteiger partial charge in [-0.15, -0.1) is 0 Å². The number of esters is 1. The Labute approximate surface area is 151 Å². The molecule has 2 aromatic heterocycles. The van der Waals surface area contributed by atoms with Gasteiger partial charge in [-0.1, -0.05) is 30.3 Å². The number of nitrogen functional groups attached to an aromatic ring is 1. The van der Waals surface area contributed by atoms with Gasteiger partial charge in [-0.05, 0) is 26.5 Å². The Balaban J connectivity index is 1.86. The topological polar surface area (TPSA) is 94.5 Å². The summed E-state index contributed by atoms with van der Waals surface area (Å²) in [6.45, 7) is 4.97. The second-order valence-corrected chi connectivity index (χ2v) is 6.12. The fourth-order valence-corrected chi connectivity index (χ4v) is 2.90. The Bertz CT molecular complexity index is 921. The number of carbonyl (C=O) groups excluding carboxylic acids is 1. The molecule has 0 spiro atoms. The molecule has 0 atom stereocenters. The molecular formula is C19H22N4O3. The Morgan fingerprint density at radius 1 is 1.23 bits per heavy atom. The van der Waals surface area contributed by atoms with Crippen LogP contribution in [0, 0.1) is 6.92 Å². The first kappa shape index (κ1) is 17.9. The summed E-state index contributed by atoms with van der Waals surface area (Å²) in [5.74, 6) is 0.706. The number of carbonyl (C=O) groups is 1. The highest BCUT2D eigenvalue weighted by Crippen LogP contribution is 2.29. The van der Waals surface area contributed by atoms with E-state index in [4.69, 9.17) is 14.9 Å². The van der Waals surface area contributed by atoms with Crippen LogP contribution in [0.3, 0.4) is 0 Å². The van der Waals surface area contributed by atoms with Crippen LogP contribution in [0.5, 0.6) is 0 Å². The van der Waals surface area contributed by atoms with Gasteiger partial charge in [0.15, 0.2) is 0 Å². The van der Waals surface area contributed by atoms with Crippen molar-refractivity contribution in [1.82, 2.24) is 14.9 Å². The number of nitrogens with two attached hydrogens (primary N) is 1. The summed E-state index contributed by atoms with van der Waals surface area (Å²) in [5, 5.41) is 0.412. The number of aryl methyl sites for hydroxylation is 1. The molecule has 0 fully saturated rings. The highest BCUT2D eigenvalue weighted by Gasteiger charge is 2.24. The summed E-state index contributed by atoms with van der Waals surface area (Å²) >= 11 is 0. The Morgan fingerprint density at radius 2 is 1.96 bits per heavy atom. The molecule has 0 saturated carbocycles. The molecule has 3 aromatic rings. The second-order valence-electron chi connectivity index (χ2n) is 6.12. The van der Waals surface area contributed by atoms with Crippen molar-refractivity contribution in [2.24, 2.45) is 0 Å². The number of rotatable bonds is 6. The van der Waals surface area contributed by atoms with Crippen LogP contribution in [-0.2, 0) is 17.8 Å². The lowest BCUT2D eigenvalue weighted by atomic mass is 10.2. The monoisotopic (exact) mass is 354 g/mol. The lowest BCUT2D eigenvalue weighted by Crippen LogP contribution is -2.19. The molecule has 0 aliphatic heterocycles. The van der Waals surface area contributed by atoms with E-state index in [2.05, 4.69) is 27.0 Å². The van der Waals surface area contributed by atoms with E-state index in [0.29, 0.717) is 34.8 Å². The van der Waals surface area contributed by atoms with Crippen LogP contribution >= 0.6 is 0 Å². The van der Waals surface area contributed by atoms with Gasteiger partial charge in [0.25, 0.3) is 0 Å². The third kappa shape index (κ3) is 3.67. The first-order valence-electron chi connectivity index (χ1n) is 8.44. The zero-order chi connectivity index (χ0) is 18.7.